The third-order valence-electron chi connectivity index (χ3n) is 4.53. The molecule has 2 aromatic rings. The van der Waals surface area contributed by atoms with Crippen LogP contribution in [0, 0.1) is 5.41 Å². The lowest BCUT2D eigenvalue weighted by atomic mass is 9.73. The van der Waals surface area contributed by atoms with Crippen LogP contribution in [0.15, 0.2) is 67.8 Å². The fourth-order valence-corrected chi connectivity index (χ4v) is 3.53. The number of halogens is 1. The highest BCUT2D eigenvalue weighted by Crippen LogP contribution is 2.45. The van der Waals surface area contributed by atoms with Crippen LogP contribution in [0.5, 0.6) is 0 Å². The van der Waals surface area contributed by atoms with Crippen LogP contribution in [-0.4, -0.2) is 11.6 Å². The van der Waals surface area contributed by atoms with Crippen molar-refractivity contribution in [3.05, 3.63) is 89.5 Å². The molecule has 120 valence electrons. The summed E-state index contributed by atoms with van der Waals surface area (Å²) in [5.41, 5.74) is 1.38. The van der Waals surface area contributed by atoms with Crippen LogP contribution in [0.3, 0.4) is 0 Å². The van der Waals surface area contributed by atoms with Gasteiger partial charge in [0, 0.05) is 16.1 Å². The van der Waals surface area contributed by atoms with Gasteiger partial charge in [-0.1, -0.05) is 60.7 Å². The summed E-state index contributed by atoms with van der Waals surface area (Å²) in [6.45, 7) is 7.83. The smallest absolute Gasteiger partial charge is 0.178 e. The zero-order chi connectivity index (χ0) is 17.3. The number of benzene rings is 2. The molecule has 0 atom stereocenters. The zero-order valence-corrected chi connectivity index (χ0v) is 14.0. The molecule has 3 heteroatoms. The van der Waals surface area contributed by atoms with Crippen molar-refractivity contribution in [1.29, 1.82) is 0 Å². The average molecular weight is 337 g/mol. The van der Waals surface area contributed by atoms with E-state index < -0.39 is 5.41 Å². The van der Waals surface area contributed by atoms with Crippen molar-refractivity contribution in [2.24, 2.45) is 5.41 Å². The fraction of sp³-hybridized carbons (Fsp3) is 0.143. The van der Waals surface area contributed by atoms with Crippen molar-refractivity contribution in [1.82, 2.24) is 0 Å². The first kappa shape index (κ1) is 16.4. The van der Waals surface area contributed by atoms with E-state index in [1.54, 1.807) is 42.5 Å². The number of hydrogen-bond donors (Lipinski definition) is 0. The van der Waals surface area contributed by atoms with Gasteiger partial charge in [-0.3, -0.25) is 9.59 Å². The Morgan fingerprint density at radius 1 is 1.04 bits per heavy atom. The quantitative estimate of drug-likeness (QED) is 0.542. The van der Waals surface area contributed by atoms with Gasteiger partial charge in [0.1, 0.15) is 5.41 Å². The first-order chi connectivity index (χ1) is 11.5. The van der Waals surface area contributed by atoms with Crippen LogP contribution in [0.1, 0.15) is 39.1 Å². The summed E-state index contributed by atoms with van der Waals surface area (Å²) in [7, 11) is 0. The molecule has 1 aliphatic carbocycles. The van der Waals surface area contributed by atoms with Crippen molar-refractivity contribution < 1.29 is 9.59 Å². The number of hydrogen-bond acceptors (Lipinski definition) is 2. The van der Waals surface area contributed by atoms with Crippen molar-refractivity contribution in [2.45, 2.75) is 12.8 Å². The largest absolute Gasteiger partial charge is 0.293 e. The Hall–Kier alpha value is -2.45. The maximum atomic E-state index is 13.0. The highest BCUT2D eigenvalue weighted by atomic mass is 35.5. The van der Waals surface area contributed by atoms with Gasteiger partial charge in [0.2, 0.25) is 0 Å². The third kappa shape index (κ3) is 2.53. The molecule has 1 aliphatic rings. The zero-order valence-electron chi connectivity index (χ0n) is 13.2. The van der Waals surface area contributed by atoms with E-state index in [9.17, 15) is 9.59 Å². The number of carbonyl (C=O) groups is 2. The molecular weight excluding hydrogens is 320 g/mol. The molecule has 2 aromatic carbocycles. The first-order valence-corrected chi connectivity index (χ1v) is 8.10. The van der Waals surface area contributed by atoms with Gasteiger partial charge in [-0.25, -0.2) is 0 Å². The van der Waals surface area contributed by atoms with E-state index >= 15 is 0 Å². The first-order valence-electron chi connectivity index (χ1n) is 7.73. The molecule has 0 unspecified atom stereocenters. The van der Waals surface area contributed by atoms with Gasteiger partial charge in [0.05, 0.1) is 0 Å². The number of ketones is 2. The molecule has 0 aliphatic heterocycles. The number of allylic oxidation sites excluding steroid dienone is 2. The SMILES string of the molecule is C=CCC1(CC(=C)c2cccc(Cl)c2)C(=O)c2ccccc2C1=O. The highest BCUT2D eigenvalue weighted by Gasteiger charge is 2.51. The number of Topliss-reactive ketones (excluding diaryl/α,β-unsaturated/α-hetero) is 2. The van der Waals surface area contributed by atoms with Crippen molar-refractivity contribution in [3.63, 3.8) is 0 Å². The van der Waals surface area contributed by atoms with E-state index in [4.69, 9.17) is 11.6 Å². The molecule has 24 heavy (non-hydrogen) atoms. The predicted molar refractivity (Wildman–Crippen MR) is 97.5 cm³/mol. The van der Waals surface area contributed by atoms with Gasteiger partial charge in [0.15, 0.2) is 11.6 Å². The molecule has 0 bridgehead atoms. The van der Waals surface area contributed by atoms with E-state index in [2.05, 4.69) is 13.2 Å². The lowest BCUT2D eigenvalue weighted by Crippen LogP contribution is -2.33. The lowest BCUT2D eigenvalue weighted by molar-refractivity contribution is 0.0706. The van der Waals surface area contributed by atoms with Gasteiger partial charge >= 0.3 is 0 Å². The summed E-state index contributed by atoms with van der Waals surface area (Å²) in [5, 5.41) is 0.596. The Kier molecular flexibility index (Phi) is 4.25. The van der Waals surface area contributed by atoms with Crippen molar-refractivity contribution in [3.8, 4) is 0 Å². The normalized spacial score (nSPS) is 15.2. The van der Waals surface area contributed by atoms with Gasteiger partial charge in [-0.05, 0) is 36.1 Å². The van der Waals surface area contributed by atoms with Crippen LogP contribution in [0.2, 0.25) is 5.02 Å². The van der Waals surface area contributed by atoms with Crippen LogP contribution in [0.25, 0.3) is 5.57 Å². The molecule has 0 N–H and O–H groups in total. The van der Waals surface area contributed by atoms with E-state index in [1.807, 2.05) is 12.1 Å². The molecule has 0 spiro atoms. The summed E-state index contributed by atoms with van der Waals surface area (Å²) < 4.78 is 0. The highest BCUT2D eigenvalue weighted by molar-refractivity contribution is 6.31. The van der Waals surface area contributed by atoms with E-state index in [0.717, 1.165) is 5.56 Å². The Balaban J connectivity index is 2.02. The molecule has 0 saturated carbocycles. The molecule has 0 saturated heterocycles. The molecule has 0 aromatic heterocycles. The molecule has 3 rings (SSSR count). The van der Waals surface area contributed by atoms with Crippen LogP contribution in [0.4, 0.5) is 0 Å². The van der Waals surface area contributed by atoms with Crippen molar-refractivity contribution >= 4 is 28.7 Å². The van der Waals surface area contributed by atoms with E-state index in [1.165, 1.54) is 0 Å². The van der Waals surface area contributed by atoms with Gasteiger partial charge < -0.3 is 0 Å². The number of fused-ring (bicyclic) bond motifs is 1. The number of carbonyl (C=O) groups excluding carboxylic acids is 2. The minimum atomic E-state index is -1.15. The third-order valence-corrected chi connectivity index (χ3v) is 4.76. The monoisotopic (exact) mass is 336 g/mol. The molecule has 0 fully saturated rings. The standard InChI is InChI=1S/C21H17ClO2/c1-3-11-21(13-14(2)15-7-6-8-16(22)12-15)19(23)17-9-4-5-10-18(17)20(21)24/h3-10,12H,1-2,11,13H2. The van der Waals surface area contributed by atoms with Gasteiger partial charge in [0.25, 0.3) is 0 Å². The Morgan fingerprint density at radius 3 is 2.21 bits per heavy atom. The van der Waals surface area contributed by atoms with Gasteiger partial charge in [-0.2, -0.15) is 0 Å². The maximum absolute atomic E-state index is 13.0. The Labute approximate surface area is 146 Å². The summed E-state index contributed by atoms with van der Waals surface area (Å²) in [4.78, 5) is 26.0. The minimum Gasteiger partial charge on any atom is -0.293 e. The second kappa shape index (κ2) is 6.21. The second-order valence-corrected chi connectivity index (χ2v) is 6.51. The molecule has 2 nitrogen and oxygen atoms in total. The van der Waals surface area contributed by atoms with Crippen LogP contribution >= 0.6 is 11.6 Å². The Bertz CT molecular complexity index is 829. The predicted octanol–water partition coefficient (Wildman–Crippen LogP) is 5.39. The van der Waals surface area contributed by atoms with E-state index in [0.29, 0.717) is 28.1 Å². The maximum Gasteiger partial charge on any atom is 0.178 e. The van der Waals surface area contributed by atoms with Crippen LogP contribution in [-0.2, 0) is 0 Å². The topological polar surface area (TPSA) is 34.1 Å². The van der Waals surface area contributed by atoms with Crippen molar-refractivity contribution in [2.75, 3.05) is 0 Å². The molecule has 0 radical (unpaired) electrons. The second-order valence-electron chi connectivity index (χ2n) is 6.07. The van der Waals surface area contributed by atoms with Crippen LogP contribution < -0.4 is 0 Å². The molecule has 0 heterocycles. The summed E-state index contributed by atoms with van der Waals surface area (Å²) in [6, 6.07) is 14.3. The van der Waals surface area contributed by atoms with Gasteiger partial charge in [-0.15, -0.1) is 6.58 Å². The molecular formula is C21H17ClO2. The summed E-state index contributed by atoms with van der Waals surface area (Å²) in [5.74, 6) is -0.294. The summed E-state index contributed by atoms with van der Waals surface area (Å²) >= 11 is 6.04. The Morgan fingerprint density at radius 2 is 1.67 bits per heavy atom. The molecule has 0 amide bonds. The minimum absolute atomic E-state index is 0.147. The van der Waals surface area contributed by atoms with E-state index in [-0.39, 0.29) is 18.0 Å². The number of rotatable bonds is 5. The lowest BCUT2D eigenvalue weighted by Gasteiger charge is -2.25. The average Bonchev–Trinajstić information content (AvgIpc) is 2.78. The summed E-state index contributed by atoms with van der Waals surface area (Å²) in [6.07, 6.45) is 2.18. The fourth-order valence-electron chi connectivity index (χ4n) is 3.34.